The molecule has 1 aromatic rings. The van der Waals surface area contributed by atoms with Crippen molar-refractivity contribution in [2.75, 3.05) is 48.0 Å². The normalized spacial score (nSPS) is 18.3. The summed E-state index contributed by atoms with van der Waals surface area (Å²) in [6.45, 7) is 1.90. The molecule has 1 aliphatic rings. The van der Waals surface area contributed by atoms with Crippen molar-refractivity contribution in [3.63, 3.8) is 0 Å². The Morgan fingerprint density at radius 1 is 1.20 bits per heavy atom. The van der Waals surface area contributed by atoms with E-state index in [1.54, 1.807) is 18.2 Å². The average Bonchev–Trinajstić information content (AvgIpc) is 2.73. The number of aliphatic hydroxyl groups excluding tert-OH is 1. The highest BCUT2D eigenvalue weighted by Crippen LogP contribution is 2.36. The summed E-state index contributed by atoms with van der Waals surface area (Å²) in [5.74, 6) is 0.821. The molecule has 0 radical (unpaired) electrons. The molecule has 1 aliphatic heterocycles. The van der Waals surface area contributed by atoms with Gasteiger partial charge in [-0.15, -0.1) is 23.2 Å². The van der Waals surface area contributed by atoms with Crippen LogP contribution in [0, 0.1) is 0 Å². The van der Waals surface area contributed by atoms with Crippen LogP contribution in [0.15, 0.2) is 18.2 Å². The van der Waals surface area contributed by atoms with Crippen molar-refractivity contribution in [1.29, 1.82) is 0 Å². The molecule has 0 saturated carbocycles. The van der Waals surface area contributed by atoms with Crippen LogP contribution in [-0.2, 0) is 10.0 Å². The zero-order chi connectivity index (χ0) is 18.4. The van der Waals surface area contributed by atoms with Crippen LogP contribution in [0.25, 0.3) is 0 Å². The Bertz CT molecular complexity index is 667. The van der Waals surface area contributed by atoms with Gasteiger partial charge in [-0.25, -0.2) is 8.42 Å². The van der Waals surface area contributed by atoms with Gasteiger partial charge in [-0.1, -0.05) is 11.6 Å². The van der Waals surface area contributed by atoms with Gasteiger partial charge in [0.15, 0.2) is 0 Å². The molecule has 1 aromatic carbocycles. The van der Waals surface area contributed by atoms with Crippen molar-refractivity contribution >= 4 is 50.5 Å². The number of halogens is 3. The van der Waals surface area contributed by atoms with Gasteiger partial charge in [-0.3, -0.25) is 9.21 Å². The van der Waals surface area contributed by atoms with Gasteiger partial charge in [0.25, 0.3) is 0 Å². The number of hydrogen-bond donors (Lipinski definition) is 1. The summed E-state index contributed by atoms with van der Waals surface area (Å²) in [6.07, 6.45) is 0.377. The van der Waals surface area contributed by atoms with Gasteiger partial charge in [0.1, 0.15) is 0 Å². The van der Waals surface area contributed by atoms with E-state index in [4.69, 9.17) is 34.8 Å². The van der Waals surface area contributed by atoms with E-state index in [-0.39, 0.29) is 5.75 Å². The fourth-order valence-corrected chi connectivity index (χ4v) is 5.18. The summed E-state index contributed by atoms with van der Waals surface area (Å²) in [4.78, 5) is 1.94. The van der Waals surface area contributed by atoms with Gasteiger partial charge in [-0.2, -0.15) is 0 Å². The molecular formula is C16H23Cl3N2O3S. The third-order valence-electron chi connectivity index (χ3n) is 4.26. The Morgan fingerprint density at radius 2 is 1.88 bits per heavy atom. The lowest BCUT2D eigenvalue weighted by Crippen LogP contribution is -2.39. The Labute approximate surface area is 164 Å². The Hall–Kier alpha value is -0.240. The number of hydrogen-bond acceptors (Lipinski definition) is 4. The zero-order valence-corrected chi connectivity index (χ0v) is 17.0. The molecule has 1 atom stereocenters. The van der Waals surface area contributed by atoms with Crippen LogP contribution in [0.5, 0.6) is 0 Å². The molecule has 5 nitrogen and oxygen atoms in total. The number of aliphatic hydroxyl groups is 1. The smallest absolute Gasteiger partial charge is 0.236 e. The monoisotopic (exact) mass is 428 g/mol. The zero-order valence-electron chi connectivity index (χ0n) is 13.9. The molecule has 0 fully saturated rings. The van der Waals surface area contributed by atoms with E-state index < -0.39 is 16.1 Å². The van der Waals surface area contributed by atoms with E-state index >= 15 is 0 Å². The molecule has 0 aliphatic carbocycles. The maximum atomic E-state index is 12.9. The van der Waals surface area contributed by atoms with Gasteiger partial charge in [0.2, 0.25) is 10.0 Å². The van der Waals surface area contributed by atoms with Crippen LogP contribution in [0.3, 0.4) is 0 Å². The maximum Gasteiger partial charge on any atom is 0.236 e. The maximum absolute atomic E-state index is 12.9. The van der Waals surface area contributed by atoms with E-state index in [9.17, 15) is 13.5 Å². The minimum absolute atomic E-state index is 0.0288. The van der Waals surface area contributed by atoms with Crippen molar-refractivity contribution in [2.24, 2.45) is 0 Å². The number of nitrogens with zero attached hydrogens (tertiary/aromatic N) is 2. The predicted octanol–water partition coefficient (Wildman–Crippen LogP) is 3.08. The summed E-state index contributed by atoms with van der Waals surface area (Å²) >= 11 is 17.5. The minimum atomic E-state index is -3.54. The third-order valence-corrected chi connectivity index (χ3v) is 6.58. The lowest BCUT2D eigenvalue weighted by Gasteiger charge is -2.27. The van der Waals surface area contributed by atoms with Gasteiger partial charge < -0.3 is 5.11 Å². The van der Waals surface area contributed by atoms with E-state index in [1.807, 2.05) is 4.90 Å². The number of anilines is 1. The lowest BCUT2D eigenvalue weighted by molar-refractivity contribution is 0.168. The first-order valence-electron chi connectivity index (χ1n) is 8.21. The van der Waals surface area contributed by atoms with Gasteiger partial charge in [-0.05, 0) is 31.0 Å². The molecule has 0 aromatic heterocycles. The highest BCUT2D eigenvalue weighted by Gasteiger charge is 2.29. The number of alkyl halides is 2. The van der Waals surface area contributed by atoms with Crippen molar-refractivity contribution in [2.45, 2.75) is 18.9 Å². The Morgan fingerprint density at radius 3 is 2.52 bits per heavy atom. The molecule has 2 rings (SSSR count). The molecule has 0 spiro atoms. The first kappa shape index (κ1) is 21.1. The van der Waals surface area contributed by atoms with Crippen LogP contribution in [0.1, 0.15) is 24.5 Å². The van der Waals surface area contributed by atoms with E-state index in [2.05, 4.69) is 0 Å². The van der Waals surface area contributed by atoms with Crippen LogP contribution in [0.4, 0.5) is 5.69 Å². The summed E-state index contributed by atoms with van der Waals surface area (Å²) < 4.78 is 27.2. The van der Waals surface area contributed by atoms with Crippen LogP contribution < -0.4 is 4.31 Å². The van der Waals surface area contributed by atoms with E-state index in [0.29, 0.717) is 67.1 Å². The Balaban J connectivity index is 2.22. The molecule has 0 saturated heterocycles. The second kappa shape index (κ2) is 9.62. The fourth-order valence-electron chi connectivity index (χ4n) is 2.94. The topological polar surface area (TPSA) is 60.9 Å². The van der Waals surface area contributed by atoms with E-state index in [1.165, 1.54) is 4.31 Å². The second-order valence-electron chi connectivity index (χ2n) is 5.97. The van der Waals surface area contributed by atoms with Gasteiger partial charge in [0.05, 0.1) is 17.5 Å². The summed E-state index contributed by atoms with van der Waals surface area (Å²) in [5.41, 5.74) is 1.07. The Kier molecular flexibility index (Phi) is 8.11. The molecule has 25 heavy (non-hydrogen) atoms. The molecule has 0 bridgehead atoms. The number of rotatable bonds is 8. The predicted molar refractivity (Wildman–Crippen MR) is 105 cm³/mol. The number of benzene rings is 1. The molecule has 1 N–H and O–H groups in total. The third kappa shape index (κ3) is 5.62. The summed E-state index contributed by atoms with van der Waals surface area (Å²) in [6, 6.07) is 4.95. The largest absolute Gasteiger partial charge is 0.388 e. The number of fused-ring (bicyclic) bond motifs is 1. The average molecular weight is 430 g/mol. The van der Waals surface area contributed by atoms with Crippen molar-refractivity contribution in [3.8, 4) is 0 Å². The van der Waals surface area contributed by atoms with Crippen molar-refractivity contribution in [1.82, 2.24) is 4.90 Å². The molecular weight excluding hydrogens is 407 g/mol. The minimum Gasteiger partial charge on any atom is -0.388 e. The fraction of sp³-hybridized carbons (Fsp3) is 0.625. The first-order chi connectivity index (χ1) is 11.9. The van der Waals surface area contributed by atoms with Crippen LogP contribution in [-0.4, -0.2) is 62.1 Å². The first-order valence-corrected chi connectivity index (χ1v) is 11.3. The highest BCUT2D eigenvalue weighted by atomic mass is 35.5. The molecule has 142 valence electrons. The van der Waals surface area contributed by atoms with Crippen LogP contribution >= 0.6 is 34.8 Å². The quantitative estimate of drug-likeness (QED) is 0.645. The summed E-state index contributed by atoms with van der Waals surface area (Å²) in [5, 5.41) is 10.8. The molecule has 9 heteroatoms. The number of sulfonamides is 1. The SMILES string of the molecule is O=S(=O)(CCN(CCCl)CCCl)N1CCCC(O)c2cc(Cl)ccc21. The molecule has 0 amide bonds. The van der Waals surface area contributed by atoms with Crippen molar-refractivity contribution in [3.05, 3.63) is 28.8 Å². The summed E-state index contributed by atoms with van der Waals surface area (Å²) in [7, 11) is -3.54. The highest BCUT2D eigenvalue weighted by molar-refractivity contribution is 7.92. The van der Waals surface area contributed by atoms with Gasteiger partial charge >= 0.3 is 0 Å². The van der Waals surface area contributed by atoms with Crippen molar-refractivity contribution < 1.29 is 13.5 Å². The second-order valence-corrected chi connectivity index (χ2v) is 9.17. The lowest BCUT2D eigenvalue weighted by atomic mass is 10.1. The van der Waals surface area contributed by atoms with E-state index in [0.717, 1.165) is 0 Å². The van der Waals surface area contributed by atoms with Crippen LogP contribution in [0.2, 0.25) is 5.02 Å². The molecule has 1 heterocycles. The molecule has 1 unspecified atom stereocenters. The standard InChI is InChI=1S/C16H23Cl3N2O3S/c17-5-8-20(9-6-18)10-11-25(23,24)21-7-1-2-16(22)14-12-13(19)3-4-15(14)21/h3-4,12,16,22H,1-2,5-11H2. The van der Waals surface area contributed by atoms with Gasteiger partial charge in [0, 0.05) is 48.5 Å².